The molecule has 11 heteroatoms. The minimum atomic E-state index is -4.38. The second-order valence-electron chi connectivity index (χ2n) is 4.05. The van der Waals surface area contributed by atoms with Gasteiger partial charge in [0.25, 0.3) is 5.91 Å². The van der Waals surface area contributed by atoms with Crippen LogP contribution in [0.4, 0.5) is 18.9 Å². The van der Waals surface area contributed by atoms with Gasteiger partial charge in [0.1, 0.15) is 13.3 Å². The van der Waals surface area contributed by atoms with E-state index in [9.17, 15) is 18.0 Å². The van der Waals surface area contributed by atoms with Crippen LogP contribution in [0, 0.1) is 0 Å². The number of halogens is 5. The van der Waals surface area contributed by atoms with Crippen molar-refractivity contribution < 1.29 is 22.7 Å². The fourth-order valence-corrected chi connectivity index (χ4v) is 3.34. The Morgan fingerprint density at radius 3 is 2.77 bits per heavy atom. The molecule has 120 valence electrons. The fraction of sp³-hybridized carbons (Fsp3) is 0.273. The van der Waals surface area contributed by atoms with Crippen molar-refractivity contribution >= 4 is 54.8 Å². The number of carbonyl (C=O) groups excluding carboxylic acids is 1. The van der Waals surface area contributed by atoms with Gasteiger partial charge in [-0.25, -0.2) is 4.68 Å². The van der Waals surface area contributed by atoms with Crippen molar-refractivity contribution in [3.63, 3.8) is 0 Å². The quantitative estimate of drug-likeness (QED) is 0.722. The summed E-state index contributed by atoms with van der Waals surface area (Å²) in [5.74, 6) is -0.341. The number of carbonyl (C=O) groups is 1. The first-order valence-corrected chi connectivity index (χ1v) is 8.08. The van der Waals surface area contributed by atoms with E-state index in [1.165, 1.54) is 23.7 Å². The zero-order valence-electron chi connectivity index (χ0n) is 10.7. The monoisotopic (exact) mass is 461 g/mol. The van der Waals surface area contributed by atoms with Crippen LogP contribution in [0.1, 0.15) is 9.67 Å². The summed E-state index contributed by atoms with van der Waals surface area (Å²) in [5, 5.41) is 6.39. The molecule has 0 aliphatic heterocycles. The summed E-state index contributed by atoms with van der Waals surface area (Å²) in [4.78, 5) is 12.4. The average Bonchev–Trinajstić information content (AvgIpc) is 2.96. The summed E-state index contributed by atoms with van der Waals surface area (Å²) in [6.45, 7) is -1.71. The van der Waals surface area contributed by atoms with Crippen molar-refractivity contribution in [1.82, 2.24) is 9.78 Å². The Bertz CT molecular complexity index is 652. The molecule has 2 aromatic heterocycles. The van der Waals surface area contributed by atoms with Crippen molar-refractivity contribution in [2.75, 3.05) is 11.9 Å². The molecule has 0 aliphatic carbocycles. The molecule has 0 aromatic carbocycles. The number of anilines is 1. The second-order valence-corrected chi connectivity index (χ2v) is 7.27. The first kappa shape index (κ1) is 17.4. The third kappa shape index (κ3) is 5.07. The molecular weight excluding hydrogens is 455 g/mol. The SMILES string of the molecule is O=C(Nc1cnn(COCC(F)(F)F)c1)c1cc(Br)c(Br)s1. The van der Waals surface area contributed by atoms with Crippen LogP contribution < -0.4 is 5.32 Å². The number of hydrogen-bond donors (Lipinski definition) is 1. The molecule has 0 spiro atoms. The number of nitrogens with one attached hydrogen (secondary N) is 1. The van der Waals surface area contributed by atoms with Gasteiger partial charge in [0.05, 0.1) is 26.7 Å². The van der Waals surface area contributed by atoms with Crippen molar-refractivity contribution in [1.29, 1.82) is 0 Å². The topological polar surface area (TPSA) is 56.2 Å². The molecule has 5 nitrogen and oxygen atoms in total. The van der Waals surface area contributed by atoms with Gasteiger partial charge in [-0.2, -0.15) is 18.3 Å². The van der Waals surface area contributed by atoms with Gasteiger partial charge in [-0.1, -0.05) is 0 Å². The first-order chi connectivity index (χ1) is 10.2. The van der Waals surface area contributed by atoms with E-state index in [4.69, 9.17) is 0 Å². The first-order valence-electron chi connectivity index (χ1n) is 5.68. The Morgan fingerprint density at radius 1 is 1.45 bits per heavy atom. The molecule has 0 radical (unpaired) electrons. The lowest BCUT2D eigenvalue weighted by atomic mass is 10.4. The third-order valence-electron chi connectivity index (χ3n) is 2.25. The molecular formula is C11H8Br2F3N3O2S. The molecule has 0 fully saturated rings. The zero-order chi connectivity index (χ0) is 16.3. The van der Waals surface area contributed by atoms with Gasteiger partial charge in [0.15, 0.2) is 0 Å². The Balaban J connectivity index is 1.90. The number of ether oxygens (including phenoxy) is 1. The molecule has 0 unspecified atom stereocenters. The van der Waals surface area contributed by atoms with Gasteiger partial charge in [-0.15, -0.1) is 11.3 Å². The molecule has 2 aromatic rings. The van der Waals surface area contributed by atoms with Crippen LogP contribution in [-0.4, -0.2) is 28.5 Å². The maximum Gasteiger partial charge on any atom is 0.411 e. The lowest BCUT2D eigenvalue weighted by Gasteiger charge is -2.07. The molecule has 0 saturated carbocycles. The summed E-state index contributed by atoms with van der Waals surface area (Å²) in [5.41, 5.74) is 0.362. The highest BCUT2D eigenvalue weighted by molar-refractivity contribution is 9.13. The summed E-state index contributed by atoms with van der Waals surface area (Å²) in [6.07, 6.45) is -1.68. The Hall–Kier alpha value is -0.910. The standard InChI is InChI=1S/C11H8Br2F3N3O2S/c12-7-1-8(22-9(7)13)10(20)18-6-2-17-19(3-6)5-21-4-11(14,15)16/h1-3H,4-5H2,(H,18,20). The Labute approximate surface area is 143 Å². The van der Waals surface area contributed by atoms with Crippen LogP contribution in [0.5, 0.6) is 0 Å². The predicted octanol–water partition coefficient (Wildman–Crippen LogP) is 4.26. The van der Waals surface area contributed by atoms with Crippen molar-refractivity contribution in [2.24, 2.45) is 0 Å². The van der Waals surface area contributed by atoms with E-state index in [-0.39, 0.29) is 12.6 Å². The average molecular weight is 463 g/mol. The molecule has 1 N–H and O–H groups in total. The predicted molar refractivity (Wildman–Crippen MR) is 81.9 cm³/mol. The number of nitrogens with zero attached hydrogens (tertiary/aromatic N) is 2. The third-order valence-corrected chi connectivity index (χ3v) is 5.50. The van der Waals surface area contributed by atoms with Crippen LogP contribution in [0.15, 0.2) is 26.7 Å². The Kier molecular flexibility index (Phi) is 5.64. The largest absolute Gasteiger partial charge is 0.411 e. The fourth-order valence-electron chi connectivity index (χ4n) is 1.40. The van der Waals surface area contributed by atoms with E-state index in [0.717, 1.165) is 12.9 Å². The van der Waals surface area contributed by atoms with Crippen LogP contribution in [0.3, 0.4) is 0 Å². The second kappa shape index (κ2) is 7.11. The van der Waals surface area contributed by atoms with E-state index in [1.807, 2.05) is 0 Å². The van der Waals surface area contributed by atoms with Crippen LogP contribution in [0.25, 0.3) is 0 Å². The van der Waals surface area contributed by atoms with E-state index in [1.54, 1.807) is 6.07 Å². The van der Waals surface area contributed by atoms with Crippen LogP contribution >= 0.6 is 43.2 Å². The van der Waals surface area contributed by atoms with Crippen molar-refractivity contribution in [3.05, 3.63) is 31.6 Å². The highest BCUT2D eigenvalue weighted by Gasteiger charge is 2.27. The van der Waals surface area contributed by atoms with Crippen molar-refractivity contribution in [2.45, 2.75) is 12.9 Å². The smallest absolute Gasteiger partial charge is 0.350 e. The highest BCUT2D eigenvalue weighted by atomic mass is 79.9. The summed E-state index contributed by atoms with van der Waals surface area (Å²) < 4.78 is 43.0. The maximum absolute atomic E-state index is 12.0. The van der Waals surface area contributed by atoms with Gasteiger partial charge >= 0.3 is 6.18 Å². The minimum Gasteiger partial charge on any atom is -0.350 e. The van der Waals surface area contributed by atoms with Gasteiger partial charge in [0, 0.05) is 4.47 Å². The minimum absolute atomic E-state index is 0.341. The van der Waals surface area contributed by atoms with Gasteiger partial charge in [0.2, 0.25) is 0 Å². The van der Waals surface area contributed by atoms with E-state index in [2.05, 4.69) is 47.0 Å². The molecule has 2 heterocycles. The normalized spacial score (nSPS) is 11.7. The summed E-state index contributed by atoms with van der Waals surface area (Å²) in [7, 11) is 0. The number of thiophene rings is 1. The van der Waals surface area contributed by atoms with E-state index in [0.29, 0.717) is 10.6 Å². The van der Waals surface area contributed by atoms with Crippen molar-refractivity contribution in [3.8, 4) is 0 Å². The van der Waals surface area contributed by atoms with Gasteiger partial charge in [-0.05, 0) is 37.9 Å². The lowest BCUT2D eigenvalue weighted by molar-refractivity contribution is -0.182. The number of hydrogen-bond acceptors (Lipinski definition) is 4. The van der Waals surface area contributed by atoms with E-state index < -0.39 is 12.8 Å². The zero-order valence-corrected chi connectivity index (χ0v) is 14.6. The number of amides is 1. The number of alkyl halides is 3. The van der Waals surface area contributed by atoms with Crippen LogP contribution in [0.2, 0.25) is 0 Å². The molecule has 0 saturated heterocycles. The lowest BCUT2D eigenvalue weighted by Crippen LogP contribution is -2.18. The number of aromatic nitrogens is 2. The van der Waals surface area contributed by atoms with E-state index >= 15 is 0 Å². The van der Waals surface area contributed by atoms with Gasteiger partial charge in [-0.3, -0.25) is 4.79 Å². The summed E-state index contributed by atoms with van der Waals surface area (Å²) in [6, 6.07) is 1.65. The molecule has 0 aliphatic rings. The highest BCUT2D eigenvalue weighted by Crippen LogP contribution is 2.32. The Morgan fingerprint density at radius 2 is 2.18 bits per heavy atom. The molecule has 2 rings (SSSR count). The molecule has 0 bridgehead atoms. The van der Waals surface area contributed by atoms with Crippen LogP contribution in [-0.2, 0) is 11.5 Å². The summed E-state index contributed by atoms with van der Waals surface area (Å²) >= 11 is 7.81. The molecule has 1 amide bonds. The molecule has 22 heavy (non-hydrogen) atoms. The van der Waals surface area contributed by atoms with Gasteiger partial charge < -0.3 is 10.1 Å². The maximum atomic E-state index is 12.0. The number of rotatable bonds is 5. The molecule has 0 atom stereocenters.